The van der Waals surface area contributed by atoms with E-state index in [9.17, 15) is 13.0 Å². The number of anilines is 1. The first-order chi connectivity index (χ1) is 10.3. The standard InChI is InChI=1S/C15H18NO4PS/c1-13(14-9-5-3-6-10-14)21(17,20-22(2,18)19)16-15-11-7-4-8-12-15/h3-13H,1-2H3,(H,16,17). The van der Waals surface area contributed by atoms with Crippen LogP contribution >= 0.6 is 7.52 Å². The maximum absolute atomic E-state index is 13.2. The molecule has 22 heavy (non-hydrogen) atoms. The first-order valence-corrected chi connectivity index (χ1v) is 10.2. The van der Waals surface area contributed by atoms with Gasteiger partial charge >= 0.3 is 7.52 Å². The number of para-hydroxylation sites is 1. The normalized spacial score (nSPS) is 15.7. The lowest BCUT2D eigenvalue weighted by Crippen LogP contribution is -2.12. The van der Waals surface area contributed by atoms with E-state index in [1.165, 1.54) is 0 Å². The molecule has 2 aromatic carbocycles. The fourth-order valence-corrected chi connectivity index (χ4v) is 5.54. The zero-order valence-electron chi connectivity index (χ0n) is 12.3. The van der Waals surface area contributed by atoms with E-state index in [0.717, 1.165) is 11.8 Å². The lowest BCUT2D eigenvalue weighted by molar-refractivity contribution is 0.460. The van der Waals surface area contributed by atoms with Gasteiger partial charge < -0.3 is 5.09 Å². The van der Waals surface area contributed by atoms with Crippen molar-refractivity contribution in [1.29, 1.82) is 0 Å². The van der Waals surface area contributed by atoms with Crippen LogP contribution in [0, 0.1) is 0 Å². The van der Waals surface area contributed by atoms with Crippen molar-refractivity contribution in [3.8, 4) is 0 Å². The summed E-state index contributed by atoms with van der Waals surface area (Å²) in [5.74, 6) is 0. The van der Waals surface area contributed by atoms with Crippen LogP contribution in [0.15, 0.2) is 60.7 Å². The Morgan fingerprint density at radius 3 is 2.00 bits per heavy atom. The summed E-state index contributed by atoms with van der Waals surface area (Å²) in [7, 11) is -7.59. The van der Waals surface area contributed by atoms with Gasteiger partial charge in [-0.15, -0.1) is 0 Å². The smallest absolute Gasteiger partial charge is 0.314 e. The number of hydrogen-bond donors (Lipinski definition) is 1. The predicted octanol–water partition coefficient (Wildman–Crippen LogP) is 4.03. The van der Waals surface area contributed by atoms with Crippen molar-refractivity contribution in [2.75, 3.05) is 11.3 Å². The fourth-order valence-electron chi connectivity index (χ4n) is 2.00. The summed E-state index contributed by atoms with van der Waals surface area (Å²) < 4.78 is 41.2. The van der Waals surface area contributed by atoms with Gasteiger partial charge in [-0.2, -0.15) is 12.4 Å². The SMILES string of the molecule is CC(c1ccccc1)P(=O)(Nc1ccccc1)OS(C)(=O)=O. The van der Waals surface area contributed by atoms with Gasteiger partial charge in [-0.05, 0) is 24.6 Å². The Hall–Kier alpha value is -1.62. The molecule has 0 fully saturated rings. The quantitative estimate of drug-likeness (QED) is 0.805. The highest BCUT2D eigenvalue weighted by Crippen LogP contribution is 2.60. The maximum Gasteiger partial charge on any atom is 0.315 e. The van der Waals surface area contributed by atoms with Crippen LogP contribution in [0.3, 0.4) is 0 Å². The number of rotatable bonds is 6. The molecule has 0 saturated heterocycles. The van der Waals surface area contributed by atoms with Crippen molar-refractivity contribution in [3.63, 3.8) is 0 Å². The Kier molecular flexibility index (Phi) is 5.06. The third kappa shape index (κ3) is 4.44. The molecular formula is C15H18NO4PS. The maximum atomic E-state index is 13.2. The van der Waals surface area contributed by atoms with Crippen LogP contribution < -0.4 is 5.09 Å². The molecule has 2 unspecified atom stereocenters. The second-order valence-corrected chi connectivity index (χ2v) is 9.14. The summed E-state index contributed by atoms with van der Waals surface area (Å²) in [6, 6.07) is 17.8. The van der Waals surface area contributed by atoms with Crippen LogP contribution in [0.5, 0.6) is 0 Å². The molecule has 5 nitrogen and oxygen atoms in total. The van der Waals surface area contributed by atoms with Gasteiger partial charge in [0.15, 0.2) is 0 Å². The predicted molar refractivity (Wildman–Crippen MR) is 88.5 cm³/mol. The minimum absolute atomic E-state index is 0.539. The minimum atomic E-state index is -3.88. The van der Waals surface area contributed by atoms with Gasteiger partial charge in [0.05, 0.1) is 11.9 Å². The van der Waals surface area contributed by atoms with E-state index in [1.807, 2.05) is 12.1 Å². The summed E-state index contributed by atoms with van der Waals surface area (Å²) in [4.78, 5) is 0. The molecule has 0 aliphatic heterocycles. The zero-order valence-corrected chi connectivity index (χ0v) is 14.1. The molecule has 0 radical (unpaired) electrons. The van der Waals surface area contributed by atoms with Gasteiger partial charge in [0.1, 0.15) is 0 Å². The van der Waals surface area contributed by atoms with E-state index in [0.29, 0.717) is 5.69 Å². The average Bonchev–Trinajstić information content (AvgIpc) is 2.46. The molecule has 0 amide bonds. The van der Waals surface area contributed by atoms with Crippen LogP contribution in [-0.4, -0.2) is 14.7 Å². The molecule has 0 aliphatic rings. The first kappa shape index (κ1) is 16.7. The van der Waals surface area contributed by atoms with E-state index >= 15 is 0 Å². The Morgan fingerprint density at radius 2 is 1.50 bits per heavy atom. The van der Waals surface area contributed by atoms with E-state index in [4.69, 9.17) is 3.97 Å². The van der Waals surface area contributed by atoms with Crippen molar-refractivity contribution in [3.05, 3.63) is 66.2 Å². The molecule has 7 heteroatoms. The largest absolute Gasteiger partial charge is 0.315 e. The van der Waals surface area contributed by atoms with Gasteiger partial charge in [-0.25, -0.2) is 0 Å². The molecule has 2 atom stereocenters. The third-order valence-electron chi connectivity index (χ3n) is 3.10. The molecule has 0 aromatic heterocycles. The molecule has 0 heterocycles. The van der Waals surface area contributed by atoms with Gasteiger partial charge in [0.25, 0.3) is 10.1 Å². The fraction of sp³-hybridized carbons (Fsp3) is 0.200. The van der Waals surface area contributed by atoms with Gasteiger partial charge in [-0.3, -0.25) is 4.57 Å². The second-order valence-electron chi connectivity index (χ2n) is 4.94. The molecule has 118 valence electrons. The minimum Gasteiger partial charge on any atom is -0.314 e. The lowest BCUT2D eigenvalue weighted by Gasteiger charge is -2.25. The van der Waals surface area contributed by atoms with Crippen LogP contribution in [0.25, 0.3) is 0 Å². The summed E-state index contributed by atoms with van der Waals surface area (Å²) >= 11 is 0. The van der Waals surface area contributed by atoms with Crippen LogP contribution in [0.2, 0.25) is 0 Å². The van der Waals surface area contributed by atoms with Crippen molar-refractivity contribution >= 4 is 23.3 Å². The van der Waals surface area contributed by atoms with Gasteiger partial charge in [-0.1, -0.05) is 48.5 Å². The molecular weight excluding hydrogens is 321 g/mol. The second kappa shape index (κ2) is 6.65. The topological polar surface area (TPSA) is 72.5 Å². The number of hydrogen-bond acceptors (Lipinski definition) is 4. The highest BCUT2D eigenvalue weighted by atomic mass is 32.2. The summed E-state index contributed by atoms with van der Waals surface area (Å²) in [6.45, 7) is 1.68. The van der Waals surface area contributed by atoms with Crippen molar-refractivity contribution in [1.82, 2.24) is 0 Å². The van der Waals surface area contributed by atoms with Crippen molar-refractivity contribution in [2.24, 2.45) is 0 Å². The number of benzene rings is 2. The van der Waals surface area contributed by atoms with Crippen molar-refractivity contribution in [2.45, 2.75) is 12.6 Å². The highest BCUT2D eigenvalue weighted by molar-refractivity contribution is 7.91. The van der Waals surface area contributed by atoms with E-state index in [1.54, 1.807) is 55.5 Å². The molecule has 0 spiro atoms. The lowest BCUT2D eigenvalue weighted by atomic mass is 10.2. The molecule has 2 rings (SSSR count). The van der Waals surface area contributed by atoms with E-state index in [-0.39, 0.29) is 0 Å². The van der Waals surface area contributed by atoms with Crippen LogP contribution in [-0.2, 0) is 18.7 Å². The molecule has 0 bridgehead atoms. The average molecular weight is 339 g/mol. The Bertz CT molecular complexity index is 763. The Balaban J connectivity index is 2.39. The Morgan fingerprint density at radius 1 is 1.00 bits per heavy atom. The van der Waals surface area contributed by atoms with Crippen LogP contribution in [0.1, 0.15) is 18.1 Å². The van der Waals surface area contributed by atoms with E-state index in [2.05, 4.69) is 5.09 Å². The summed E-state index contributed by atoms with van der Waals surface area (Å²) in [5.41, 5.74) is 0.652. The molecule has 2 aromatic rings. The van der Waals surface area contributed by atoms with Crippen LogP contribution in [0.4, 0.5) is 5.69 Å². The highest BCUT2D eigenvalue weighted by Gasteiger charge is 2.36. The molecule has 1 N–H and O–H groups in total. The first-order valence-electron chi connectivity index (χ1n) is 6.69. The molecule has 0 aliphatic carbocycles. The third-order valence-corrected chi connectivity index (χ3v) is 6.95. The monoisotopic (exact) mass is 339 g/mol. The van der Waals surface area contributed by atoms with Gasteiger partial charge in [0.2, 0.25) is 0 Å². The van der Waals surface area contributed by atoms with Crippen molar-refractivity contribution < 1.29 is 17.0 Å². The zero-order chi connectivity index (χ0) is 16.2. The number of nitrogens with one attached hydrogen (secondary N) is 1. The van der Waals surface area contributed by atoms with Gasteiger partial charge in [0, 0.05) is 5.69 Å². The Labute approximate surface area is 131 Å². The summed E-state index contributed by atoms with van der Waals surface area (Å²) in [6.07, 6.45) is 0.893. The van der Waals surface area contributed by atoms with E-state index < -0.39 is 23.3 Å². The summed E-state index contributed by atoms with van der Waals surface area (Å²) in [5, 5.41) is 2.76. The molecule has 0 saturated carbocycles.